The molecule has 1 fully saturated rings. The van der Waals surface area contributed by atoms with Crippen molar-refractivity contribution in [2.24, 2.45) is 0 Å². The molecule has 2 aromatic heterocycles. The topological polar surface area (TPSA) is 30.7 Å². The molecule has 0 N–H and O–H groups in total. The highest BCUT2D eigenvalue weighted by Gasteiger charge is 2.39. The molecule has 4 heteroatoms. The molecule has 19 heavy (non-hydrogen) atoms. The molecule has 1 aliphatic rings. The first-order valence-electron chi connectivity index (χ1n) is 7.11. The van der Waals surface area contributed by atoms with Crippen LogP contribution in [0.5, 0.6) is 0 Å². The van der Waals surface area contributed by atoms with Crippen molar-refractivity contribution in [3.05, 3.63) is 23.7 Å². The molecule has 102 valence electrons. The lowest BCUT2D eigenvalue weighted by atomic mass is 9.74. The van der Waals surface area contributed by atoms with Crippen LogP contribution < -0.4 is 0 Å². The van der Waals surface area contributed by atoms with Gasteiger partial charge in [-0.15, -0.1) is 11.6 Å². The number of aryl methyl sites for hydroxylation is 2. The second kappa shape index (κ2) is 4.78. The maximum absolute atomic E-state index is 5.95. The molecular formula is C15H20ClN3. The Bertz CT molecular complexity index is 593. The number of halogens is 1. The van der Waals surface area contributed by atoms with E-state index >= 15 is 0 Å². The zero-order chi connectivity index (χ0) is 13.5. The standard InChI is InChI=1S/C15H20ClN3/c1-3-15(8-4-9-15)19-13(7-10-16)18-12-6-5-11(2)17-14(12)19/h5-6H,3-4,7-10H2,1-2H3. The Morgan fingerprint density at radius 3 is 2.68 bits per heavy atom. The van der Waals surface area contributed by atoms with Gasteiger partial charge in [0.05, 0.1) is 0 Å². The quantitative estimate of drug-likeness (QED) is 0.796. The van der Waals surface area contributed by atoms with Crippen LogP contribution in [-0.2, 0) is 12.0 Å². The minimum Gasteiger partial charge on any atom is -0.306 e. The number of rotatable bonds is 4. The van der Waals surface area contributed by atoms with E-state index in [1.165, 1.54) is 19.3 Å². The van der Waals surface area contributed by atoms with Gasteiger partial charge in [-0.2, -0.15) is 0 Å². The fraction of sp³-hybridized carbons (Fsp3) is 0.600. The summed E-state index contributed by atoms with van der Waals surface area (Å²) in [4.78, 5) is 9.49. The summed E-state index contributed by atoms with van der Waals surface area (Å²) in [6.45, 7) is 4.31. The van der Waals surface area contributed by atoms with Crippen LogP contribution >= 0.6 is 11.6 Å². The molecule has 0 aliphatic heterocycles. The number of fused-ring (bicyclic) bond motifs is 1. The molecule has 2 aromatic rings. The third-order valence-corrected chi connectivity index (χ3v) is 4.64. The number of hydrogen-bond donors (Lipinski definition) is 0. The molecular weight excluding hydrogens is 258 g/mol. The molecule has 0 unspecified atom stereocenters. The zero-order valence-corrected chi connectivity index (χ0v) is 12.4. The highest BCUT2D eigenvalue weighted by Crippen LogP contribution is 2.44. The maximum atomic E-state index is 5.95. The lowest BCUT2D eigenvalue weighted by Crippen LogP contribution is -2.41. The first-order chi connectivity index (χ1) is 9.20. The van der Waals surface area contributed by atoms with E-state index in [4.69, 9.17) is 21.6 Å². The monoisotopic (exact) mass is 277 g/mol. The van der Waals surface area contributed by atoms with E-state index in [2.05, 4.69) is 17.6 Å². The van der Waals surface area contributed by atoms with Crippen LogP contribution in [0, 0.1) is 6.92 Å². The van der Waals surface area contributed by atoms with Crippen molar-refractivity contribution in [2.75, 3.05) is 5.88 Å². The summed E-state index contributed by atoms with van der Waals surface area (Å²) in [7, 11) is 0. The molecule has 0 spiro atoms. The van der Waals surface area contributed by atoms with E-state index in [-0.39, 0.29) is 5.54 Å². The third kappa shape index (κ3) is 1.95. The lowest BCUT2D eigenvalue weighted by molar-refractivity contribution is 0.137. The van der Waals surface area contributed by atoms with Crippen LogP contribution in [0.2, 0.25) is 0 Å². The summed E-state index contributed by atoms with van der Waals surface area (Å²) in [6.07, 6.45) is 5.74. The third-order valence-electron chi connectivity index (χ3n) is 4.45. The Morgan fingerprint density at radius 1 is 1.32 bits per heavy atom. The lowest BCUT2D eigenvalue weighted by Gasteiger charge is -2.43. The smallest absolute Gasteiger partial charge is 0.160 e. The molecule has 1 saturated carbocycles. The van der Waals surface area contributed by atoms with Gasteiger partial charge in [0, 0.05) is 23.5 Å². The van der Waals surface area contributed by atoms with Gasteiger partial charge in [-0.1, -0.05) is 6.92 Å². The number of nitrogens with zero attached hydrogens (tertiary/aromatic N) is 3. The molecule has 3 rings (SSSR count). The van der Waals surface area contributed by atoms with Gasteiger partial charge in [-0.05, 0) is 44.7 Å². The van der Waals surface area contributed by atoms with Crippen LogP contribution in [0.15, 0.2) is 12.1 Å². The molecule has 0 saturated heterocycles. The predicted molar refractivity (Wildman–Crippen MR) is 78.8 cm³/mol. The van der Waals surface area contributed by atoms with E-state index in [1.807, 2.05) is 13.0 Å². The molecule has 0 radical (unpaired) electrons. The number of pyridine rings is 1. The molecule has 3 nitrogen and oxygen atoms in total. The van der Waals surface area contributed by atoms with Gasteiger partial charge >= 0.3 is 0 Å². The molecule has 1 aliphatic carbocycles. The summed E-state index contributed by atoms with van der Waals surface area (Å²) < 4.78 is 2.39. The predicted octanol–water partition coefficient (Wildman–Crippen LogP) is 3.81. The number of alkyl halides is 1. The van der Waals surface area contributed by atoms with Crippen molar-refractivity contribution in [2.45, 2.75) is 51.5 Å². The zero-order valence-electron chi connectivity index (χ0n) is 11.6. The molecule has 0 bridgehead atoms. The number of hydrogen-bond acceptors (Lipinski definition) is 2. The van der Waals surface area contributed by atoms with Gasteiger partial charge in [-0.25, -0.2) is 9.97 Å². The first-order valence-corrected chi connectivity index (χ1v) is 7.65. The van der Waals surface area contributed by atoms with E-state index in [1.54, 1.807) is 0 Å². The summed E-state index contributed by atoms with van der Waals surface area (Å²) in [5.41, 5.74) is 3.33. The van der Waals surface area contributed by atoms with Crippen LogP contribution in [-0.4, -0.2) is 20.4 Å². The van der Waals surface area contributed by atoms with Crippen LogP contribution in [0.3, 0.4) is 0 Å². The largest absolute Gasteiger partial charge is 0.306 e. The Morgan fingerprint density at radius 2 is 2.11 bits per heavy atom. The van der Waals surface area contributed by atoms with Crippen molar-refractivity contribution in [1.29, 1.82) is 0 Å². The van der Waals surface area contributed by atoms with E-state index in [0.717, 1.165) is 35.5 Å². The van der Waals surface area contributed by atoms with E-state index < -0.39 is 0 Å². The second-order valence-corrected chi connectivity index (χ2v) is 5.91. The number of imidazole rings is 1. The Kier molecular flexibility index (Phi) is 3.25. The fourth-order valence-electron chi connectivity index (χ4n) is 3.17. The fourth-order valence-corrected chi connectivity index (χ4v) is 3.34. The van der Waals surface area contributed by atoms with E-state index in [9.17, 15) is 0 Å². The van der Waals surface area contributed by atoms with Gasteiger partial charge in [0.1, 0.15) is 11.3 Å². The molecule has 0 amide bonds. The summed E-state index contributed by atoms with van der Waals surface area (Å²) >= 11 is 5.95. The molecule has 2 heterocycles. The minimum absolute atomic E-state index is 0.233. The van der Waals surface area contributed by atoms with Crippen molar-refractivity contribution >= 4 is 22.8 Å². The second-order valence-electron chi connectivity index (χ2n) is 5.53. The average Bonchev–Trinajstić information content (AvgIpc) is 2.68. The summed E-state index contributed by atoms with van der Waals surface area (Å²) in [6, 6.07) is 4.11. The average molecular weight is 278 g/mol. The number of aromatic nitrogens is 3. The first kappa shape index (κ1) is 12.9. The van der Waals surface area contributed by atoms with Crippen molar-refractivity contribution in [3.63, 3.8) is 0 Å². The minimum atomic E-state index is 0.233. The van der Waals surface area contributed by atoms with Gasteiger partial charge < -0.3 is 4.57 Å². The highest BCUT2D eigenvalue weighted by molar-refractivity contribution is 6.17. The molecule has 0 atom stereocenters. The summed E-state index contributed by atoms with van der Waals surface area (Å²) in [5, 5.41) is 0. The van der Waals surface area contributed by atoms with Gasteiger partial charge in [0.25, 0.3) is 0 Å². The van der Waals surface area contributed by atoms with Gasteiger partial charge in [0.2, 0.25) is 0 Å². The van der Waals surface area contributed by atoms with Gasteiger partial charge in [0.15, 0.2) is 5.65 Å². The van der Waals surface area contributed by atoms with Crippen molar-refractivity contribution in [3.8, 4) is 0 Å². The maximum Gasteiger partial charge on any atom is 0.160 e. The SMILES string of the molecule is CCC1(n2c(CCCl)nc3ccc(C)nc32)CCC1. The van der Waals surface area contributed by atoms with Gasteiger partial charge in [-0.3, -0.25) is 0 Å². The summed E-state index contributed by atoms with van der Waals surface area (Å²) in [5.74, 6) is 1.71. The van der Waals surface area contributed by atoms with Crippen LogP contribution in [0.4, 0.5) is 0 Å². The molecule has 0 aromatic carbocycles. The normalized spacial score (nSPS) is 17.6. The highest BCUT2D eigenvalue weighted by atomic mass is 35.5. The Labute approximate surface area is 119 Å². The van der Waals surface area contributed by atoms with Crippen LogP contribution in [0.1, 0.15) is 44.1 Å². The Hall–Kier alpha value is -1.09. The van der Waals surface area contributed by atoms with Crippen molar-refractivity contribution in [1.82, 2.24) is 14.5 Å². The van der Waals surface area contributed by atoms with Crippen molar-refractivity contribution < 1.29 is 0 Å². The van der Waals surface area contributed by atoms with Crippen LogP contribution in [0.25, 0.3) is 11.2 Å². The Balaban J connectivity index is 2.23. The van der Waals surface area contributed by atoms with E-state index in [0.29, 0.717) is 5.88 Å².